The zero-order valence-corrected chi connectivity index (χ0v) is 12.0. The van der Waals surface area contributed by atoms with Gasteiger partial charge in [0, 0.05) is 18.5 Å². The molecule has 102 valence electrons. The number of thiazole rings is 1. The lowest BCUT2D eigenvalue weighted by Crippen LogP contribution is -2.52. The maximum atomic E-state index is 12.1. The second kappa shape index (κ2) is 6.26. The minimum atomic E-state index is -0.391. The van der Waals surface area contributed by atoms with Crippen molar-refractivity contribution in [3.63, 3.8) is 0 Å². The van der Waals surface area contributed by atoms with Gasteiger partial charge in [-0.1, -0.05) is 13.8 Å². The summed E-state index contributed by atoms with van der Waals surface area (Å²) in [6.07, 6.45) is 0.836. The van der Waals surface area contributed by atoms with Crippen molar-refractivity contribution in [2.45, 2.75) is 39.3 Å². The van der Waals surface area contributed by atoms with Crippen molar-refractivity contribution in [3.05, 3.63) is 16.1 Å². The van der Waals surface area contributed by atoms with Crippen molar-refractivity contribution in [3.8, 4) is 0 Å². The predicted octanol–water partition coefficient (Wildman–Crippen LogP) is 1.10. The Hall–Kier alpha value is -0.980. The third kappa shape index (κ3) is 4.04. The number of nitrogens with one attached hydrogen (secondary N) is 1. The molecule has 1 aromatic rings. The first kappa shape index (κ1) is 15.1. The van der Waals surface area contributed by atoms with Gasteiger partial charge in [-0.15, -0.1) is 11.3 Å². The molecular weight excluding hydrogens is 248 g/mol. The molecule has 18 heavy (non-hydrogen) atoms. The molecule has 0 aliphatic heterocycles. The standard InChI is InChI=1S/C12H22N4OS/c1-8(2)4-12(3,7-14)16-11(17)9-6-18-10(5-13)15-9/h6,8H,4-5,7,13-14H2,1-3H3,(H,16,17). The Morgan fingerprint density at radius 1 is 1.56 bits per heavy atom. The lowest BCUT2D eigenvalue weighted by Gasteiger charge is -2.30. The van der Waals surface area contributed by atoms with Gasteiger partial charge in [-0.3, -0.25) is 4.79 Å². The van der Waals surface area contributed by atoms with Crippen LogP contribution in [0.25, 0.3) is 0 Å². The van der Waals surface area contributed by atoms with Gasteiger partial charge in [-0.2, -0.15) is 0 Å². The fourth-order valence-electron chi connectivity index (χ4n) is 1.93. The number of hydrogen-bond donors (Lipinski definition) is 3. The number of carbonyl (C=O) groups excluding carboxylic acids is 1. The first-order valence-corrected chi connectivity index (χ1v) is 6.95. The second-order valence-electron chi connectivity index (χ2n) is 5.15. The van der Waals surface area contributed by atoms with Crippen molar-refractivity contribution in [1.29, 1.82) is 0 Å². The number of aromatic nitrogens is 1. The maximum Gasteiger partial charge on any atom is 0.271 e. The van der Waals surface area contributed by atoms with E-state index in [2.05, 4.69) is 24.1 Å². The number of nitrogens with zero attached hydrogens (tertiary/aromatic N) is 1. The molecule has 1 atom stereocenters. The van der Waals surface area contributed by atoms with Crippen molar-refractivity contribution >= 4 is 17.2 Å². The van der Waals surface area contributed by atoms with Crippen molar-refractivity contribution < 1.29 is 4.79 Å². The van der Waals surface area contributed by atoms with Gasteiger partial charge in [0.1, 0.15) is 10.7 Å². The van der Waals surface area contributed by atoms with Gasteiger partial charge in [-0.05, 0) is 19.3 Å². The van der Waals surface area contributed by atoms with Gasteiger partial charge in [0.2, 0.25) is 0 Å². The summed E-state index contributed by atoms with van der Waals surface area (Å²) in [6, 6.07) is 0. The number of nitrogens with two attached hydrogens (primary N) is 2. The topological polar surface area (TPSA) is 94.0 Å². The summed E-state index contributed by atoms with van der Waals surface area (Å²) in [7, 11) is 0. The summed E-state index contributed by atoms with van der Waals surface area (Å²) < 4.78 is 0. The van der Waals surface area contributed by atoms with Crippen LogP contribution in [0, 0.1) is 5.92 Å². The average Bonchev–Trinajstić information content (AvgIpc) is 2.76. The number of amides is 1. The van der Waals surface area contributed by atoms with Crippen molar-refractivity contribution in [2.75, 3.05) is 6.54 Å². The predicted molar refractivity (Wildman–Crippen MR) is 74.4 cm³/mol. The van der Waals surface area contributed by atoms with Crippen LogP contribution in [-0.2, 0) is 6.54 Å². The Morgan fingerprint density at radius 2 is 2.22 bits per heavy atom. The van der Waals surface area contributed by atoms with Gasteiger partial charge in [0.25, 0.3) is 5.91 Å². The van der Waals surface area contributed by atoms with Crippen LogP contribution in [0.1, 0.15) is 42.7 Å². The van der Waals surface area contributed by atoms with E-state index in [1.54, 1.807) is 5.38 Å². The molecule has 0 radical (unpaired) electrons. The van der Waals surface area contributed by atoms with E-state index in [9.17, 15) is 4.79 Å². The Kier molecular flexibility index (Phi) is 5.25. The van der Waals surface area contributed by atoms with Crippen LogP contribution in [0.15, 0.2) is 5.38 Å². The Bertz CT molecular complexity index is 405. The molecule has 1 unspecified atom stereocenters. The first-order chi connectivity index (χ1) is 8.40. The third-order valence-electron chi connectivity index (χ3n) is 2.68. The molecule has 6 heteroatoms. The van der Waals surface area contributed by atoms with Crippen LogP contribution in [0.2, 0.25) is 0 Å². The highest BCUT2D eigenvalue weighted by Crippen LogP contribution is 2.17. The number of carbonyl (C=O) groups is 1. The van der Waals surface area contributed by atoms with Gasteiger partial charge >= 0.3 is 0 Å². The van der Waals surface area contributed by atoms with E-state index in [1.165, 1.54) is 11.3 Å². The first-order valence-electron chi connectivity index (χ1n) is 6.07. The fraction of sp³-hybridized carbons (Fsp3) is 0.667. The lowest BCUT2D eigenvalue weighted by molar-refractivity contribution is 0.0893. The van der Waals surface area contributed by atoms with E-state index in [-0.39, 0.29) is 5.91 Å². The molecule has 1 heterocycles. The monoisotopic (exact) mass is 270 g/mol. The molecule has 1 aromatic heterocycles. The van der Waals surface area contributed by atoms with E-state index < -0.39 is 5.54 Å². The van der Waals surface area contributed by atoms with Crippen LogP contribution in [-0.4, -0.2) is 23.0 Å². The fourth-order valence-corrected chi connectivity index (χ4v) is 2.59. The van der Waals surface area contributed by atoms with Gasteiger partial charge < -0.3 is 16.8 Å². The SMILES string of the molecule is CC(C)CC(C)(CN)NC(=O)c1csc(CN)n1. The highest BCUT2D eigenvalue weighted by atomic mass is 32.1. The van der Waals surface area contributed by atoms with Crippen LogP contribution >= 0.6 is 11.3 Å². The quantitative estimate of drug-likeness (QED) is 0.721. The van der Waals surface area contributed by atoms with Crippen LogP contribution in [0.3, 0.4) is 0 Å². The summed E-state index contributed by atoms with van der Waals surface area (Å²) in [5, 5.41) is 5.46. The smallest absolute Gasteiger partial charge is 0.271 e. The number of hydrogen-bond acceptors (Lipinski definition) is 5. The van der Waals surface area contributed by atoms with E-state index in [4.69, 9.17) is 11.5 Å². The molecule has 0 saturated carbocycles. The highest BCUT2D eigenvalue weighted by molar-refractivity contribution is 7.09. The van der Waals surface area contributed by atoms with Gasteiger partial charge in [0.05, 0.1) is 5.54 Å². The Labute approximate surface area is 112 Å². The molecule has 0 fully saturated rings. The minimum Gasteiger partial charge on any atom is -0.344 e. The minimum absolute atomic E-state index is 0.181. The zero-order valence-electron chi connectivity index (χ0n) is 11.2. The molecule has 0 saturated heterocycles. The third-order valence-corrected chi connectivity index (χ3v) is 3.55. The van der Waals surface area contributed by atoms with Crippen molar-refractivity contribution in [2.24, 2.45) is 17.4 Å². The summed E-state index contributed by atoms with van der Waals surface area (Å²) in [5.74, 6) is 0.286. The van der Waals surface area contributed by atoms with E-state index in [0.29, 0.717) is 24.7 Å². The molecule has 5 nitrogen and oxygen atoms in total. The molecule has 1 rings (SSSR count). The van der Waals surface area contributed by atoms with E-state index in [1.807, 2.05) is 6.92 Å². The Morgan fingerprint density at radius 3 is 2.67 bits per heavy atom. The van der Waals surface area contributed by atoms with Crippen LogP contribution < -0.4 is 16.8 Å². The number of rotatable bonds is 6. The molecular formula is C12H22N4OS. The molecule has 0 aliphatic rings. The molecule has 0 bridgehead atoms. The van der Waals surface area contributed by atoms with E-state index in [0.717, 1.165) is 11.4 Å². The molecule has 5 N–H and O–H groups in total. The average molecular weight is 270 g/mol. The second-order valence-corrected chi connectivity index (χ2v) is 6.09. The zero-order chi connectivity index (χ0) is 13.8. The van der Waals surface area contributed by atoms with Gasteiger partial charge in [0.15, 0.2) is 0 Å². The normalized spacial score (nSPS) is 14.6. The van der Waals surface area contributed by atoms with Crippen LogP contribution in [0.4, 0.5) is 0 Å². The maximum absolute atomic E-state index is 12.1. The molecule has 0 aromatic carbocycles. The molecule has 0 spiro atoms. The highest BCUT2D eigenvalue weighted by Gasteiger charge is 2.27. The largest absolute Gasteiger partial charge is 0.344 e. The summed E-state index contributed by atoms with van der Waals surface area (Å²) in [6.45, 7) is 6.94. The molecule has 1 amide bonds. The molecule has 0 aliphatic carbocycles. The summed E-state index contributed by atoms with van der Waals surface area (Å²) in [4.78, 5) is 16.2. The van der Waals surface area contributed by atoms with Crippen LogP contribution in [0.5, 0.6) is 0 Å². The summed E-state index contributed by atoms with van der Waals surface area (Å²) in [5.41, 5.74) is 11.3. The van der Waals surface area contributed by atoms with Gasteiger partial charge in [-0.25, -0.2) is 4.98 Å². The van der Waals surface area contributed by atoms with Crippen molar-refractivity contribution in [1.82, 2.24) is 10.3 Å². The Balaban J connectivity index is 2.72. The van der Waals surface area contributed by atoms with E-state index >= 15 is 0 Å². The lowest BCUT2D eigenvalue weighted by atomic mass is 9.90. The summed E-state index contributed by atoms with van der Waals surface area (Å²) >= 11 is 1.40.